The molecule has 2 N–H and O–H groups in total. The van der Waals surface area contributed by atoms with Crippen LogP contribution < -0.4 is 5.73 Å². The van der Waals surface area contributed by atoms with Crippen molar-refractivity contribution in [1.82, 2.24) is 15.0 Å². The maximum Gasteiger partial charge on any atom is 0.318 e. The molecule has 0 saturated carbocycles. The van der Waals surface area contributed by atoms with Crippen LogP contribution in [-0.4, -0.2) is 41.3 Å². The van der Waals surface area contributed by atoms with E-state index in [9.17, 15) is 0 Å². The van der Waals surface area contributed by atoms with Gasteiger partial charge >= 0.3 is 6.01 Å². The Balaban J connectivity index is 1.98. The Kier molecular flexibility index (Phi) is 3.17. The Morgan fingerprint density at radius 3 is 3.13 bits per heavy atom. The van der Waals surface area contributed by atoms with E-state index in [-0.39, 0.29) is 12.1 Å². The smallest absolute Gasteiger partial charge is 0.318 e. The summed E-state index contributed by atoms with van der Waals surface area (Å²) in [4.78, 5) is 6.31. The number of rotatable bonds is 3. The first-order valence-corrected chi connectivity index (χ1v) is 5.22. The van der Waals surface area contributed by atoms with Gasteiger partial charge in [-0.15, -0.1) is 0 Å². The molecule has 0 bridgehead atoms. The fourth-order valence-corrected chi connectivity index (χ4v) is 1.76. The molecule has 1 aromatic heterocycles. The number of anilines is 1. The molecule has 15 heavy (non-hydrogen) atoms. The maximum absolute atomic E-state index is 5.57. The molecule has 2 heterocycles. The van der Waals surface area contributed by atoms with Crippen LogP contribution in [0.4, 0.5) is 6.01 Å². The van der Waals surface area contributed by atoms with Gasteiger partial charge in [0.05, 0.1) is 6.61 Å². The third-order valence-corrected chi connectivity index (χ3v) is 2.44. The average molecular weight is 212 g/mol. The summed E-state index contributed by atoms with van der Waals surface area (Å²) in [6.07, 6.45) is 1.03. The first-order chi connectivity index (χ1) is 7.29. The summed E-state index contributed by atoms with van der Waals surface area (Å²) in [5.41, 5.74) is 5.37. The summed E-state index contributed by atoms with van der Waals surface area (Å²) in [7, 11) is 0. The van der Waals surface area contributed by atoms with Crippen LogP contribution in [0.3, 0.4) is 0 Å². The molecule has 84 valence electrons. The standard InChI is InChI=1S/C9H16N4O2/c1-2-3-13-4-5-14-7(6-13)8-11-9(10)15-12-8/h7H,2-6H2,1H3,(H2,10,11,12). The highest BCUT2D eigenvalue weighted by atomic mass is 16.5. The average Bonchev–Trinajstić information content (AvgIpc) is 2.66. The molecule has 0 radical (unpaired) electrons. The Hall–Kier alpha value is -1.14. The van der Waals surface area contributed by atoms with Crippen molar-refractivity contribution < 1.29 is 9.26 Å². The van der Waals surface area contributed by atoms with Gasteiger partial charge in [0.2, 0.25) is 5.82 Å². The first kappa shape index (κ1) is 10.4. The van der Waals surface area contributed by atoms with E-state index in [1.54, 1.807) is 0 Å². The predicted molar refractivity (Wildman–Crippen MR) is 54.1 cm³/mol. The second-order valence-corrected chi connectivity index (χ2v) is 3.65. The Bertz CT molecular complexity index is 313. The number of nitrogens with two attached hydrogens (primary N) is 1. The van der Waals surface area contributed by atoms with Crippen molar-refractivity contribution in [2.24, 2.45) is 0 Å². The lowest BCUT2D eigenvalue weighted by atomic mass is 10.2. The van der Waals surface area contributed by atoms with Crippen molar-refractivity contribution in [1.29, 1.82) is 0 Å². The second-order valence-electron chi connectivity index (χ2n) is 3.65. The van der Waals surface area contributed by atoms with Gasteiger partial charge in [-0.2, -0.15) is 4.98 Å². The fraction of sp³-hybridized carbons (Fsp3) is 0.778. The van der Waals surface area contributed by atoms with Crippen molar-refractivity contribution in [3.05, 3.63) is 5.82 Å². The summed E-state index contributed by atoms with van der Waals surface area (Å²) >= 11 is 0. The van der Waals surface area contributed by atoms with Crippen molar-refractivity contribution in [3.63, 3.8) is 0 Å². The van der Waals surface area contributed by atoms with Crippen LogP contribution in [-0.2, 0) is 4.74 Å². The van der Waals surface area contributed by atoms with Crippen molar-refractivity contribution in [3.8, 4) is 0 Å². The maximum atomic E-state index is 5.57. The van der Waals surface area contributed by atoms with E-state index in [1.165, 1.54) is 0 Å². The molecule has 1 aromatic rings. The topological polar surface area (TPSA) is 77.4 Å². The summed E-state index contributed by atoms with van der Waals surface area (Å²) in [5.74, 6) is 0.549. The number of nitrogen functional groups attached to an aromatic ring is 1. The van der Waals surface area contributed by atoms with Crippen molar-refractivity contribution >= 4 is 6.01 Å². The van der Waals surface area contributed by atoms with Crippen LogP contribution in [0.2, 0.25) is 0 Å². The van der Waals surface area contributed by atoms with E-state index in [4.69, 9.17) is 15.0 Å². The number of morpholine rings is 1. The van der Waals surface area contributed by atoms with Gasteiger partial charge in [-0.25, -0.2) is 0 Å². The highest BCUT2D eigenvalue weighted by Gasteiger charge is 2.25. The monoisotopic (exact) mass is 212 g/mol. The van der Waals surface area contributed by atoms with E-state index < -0.39 is 0 Å². The number of nitrogens with zero attached hydrogens (tertiary/aromatic N) is 3. The molecular weight excluding hydrogens is 196 g/mol. The van der Waals surface area contributed by atoms with E-state index in [0.717, 1.165) is 26.1 Å². The van der Waals surface area contributed by atoms with Gasteiger partial charge in [-0.1, -0.05) is 12.1 Å². The highest BCUT2D eigenvalue weighted by Crippen LogP contribution is 2.19. The Morgan fingerprint density at radius 2 is 2.47 bits per heavy atom. The molecule has 2 rings (SSSR count). The third kappa shape index (κ3) is 2.45. The molecule has 1 aliphatic rings. The zero-order valence-electron chi connectivity index (χ0n) is 8.85. The number of aromatic nitrogens is 2. The molecule has 0 spiro atoms. The minimum Gasteiger partial charge on any atom is -0.367 e. The SMILES string of the molecule is CCCN1CCOC(c2noc(N)n2)C1. The largest absolute Gasteiger partial charge is 0.367 e. The Labute approximate surface area is 88.4 Å². The number of ether oxygens (including phenoxy) is 1. The minimum absolute atomic E-state index is 0.0983. The van der Waals surface area contributed by atoms with Gasteiger partial charge in [0, 0.05) is 13.1 Å². The van der Waals surface area contributed by atoms with Crippen LogP contribution in [0.1, 0.15) is 25.3 Å². The molecule has 0 aromatic carbocycles. The van der Waals surface area contributed by atoms with Crippen LogP contribution in [0, 0.1) is 0 Å². The molecule has 0 amide bonds. The first-order valence-electron chi connectivity index (χ1n) is 5.22. The van der Waals surface area contributed by atoms with Crippen LogP contribution >= 0.6 is 0 Å². The van der Waals surface area contributed by atoms with Gasteiger partial charge in [0.25, 0.3) is 0 Å². The minimum atomic E-state index is -0.105. The summed E-state index contributed by atoms with van der Waals surface area (Å²) < 4.78 is 10.3. The van der Waals surface area contributed by atoms with E-state index >= 15 is 0 Å². The molecule has 1 aliphatic heterocycles. The molecule has 1 unspecified atom stereocenters. The lowest BCUT2D eigenvalue weighted by molar-refractivity contribution is -0.0350. The highest BCUT2D eigenvalue weighted by molar-refractivity contribution is 5.09. The molecular formula is C9H16N4O2. The zero-order chi connectivity index (χ0) is 10.7. The van der Waals surface area contributed by atoms with Crippen LogP contribution in [0.25, 0.3) is 0 Å². The summed E-state index contributed by atoms with van der Waals surface area (Å²) in [5, 5.41) is 3.77. The summed E-state index contributed by atoms with van der Waals surface area (Å²) in [6.45, 7) is 5.73. The normalized spacial score (nSPS) is 23.1. The van der Waals surface area contributed by atoms with Crippen molar-refractivity contribution in [2.45, 2.75) is 19.4 Å². The van der Waals surface area contributed by atoms with Crippen LogP contribution in [0.15, 0.2) is 4.52 Å². The van der Waals surface area contributed by atoms with Gasteiger partial charge < -0.3 is 15.0 Å². The number of hydrogen-bond donors (Lipinski definition) is 1. The van der Waals surface area contributed by atoms with Gasteiger partial charge in [-0.05, 0) is 13.0 Å². The van der Waals surface area contributed by atoms with Gasteiger partial charge in [0.1, 0.15) is 6.10 Å². The molecule has 1 atom stereocenters. The van der Waals surface area contributed by atoms with E-state index in [1.807, 2.05) is 0 Å². The fourth-order valence-electron chi connectivity index (χ4n) is 1.76. The summed E-state index contributed by atoms with van der Waals surface area (Å²) in [6, 6.07) is 0.0983. The molecule has 6 nitrogen and oxygen atoms in total. The molecule has 1 saturated heterocycles. The molecule has 1 fully saturated rings. The van der Waals surface area contributed by atoms with Gasteiger partial charge in [-0.3, -0.25) is 4.90 Å². The Morgan fingerprint density at radius 1 is 1.60 bits per heavy atom. The van der Waals surface area contributed by atoms with Crippen molar-refractivity contribution in [2.75, 3.05) is 32.0 Å². The molecule has 0 aliphatic carbocycles. The predicted octanol–water partition coefficient (Wildman–Crippen LogP) is 0.435. The van der Waals surface area contributed by atoms with Crippen LogP contribution in [0.5, 0.6) is 0 Å². The molecule has 6 heteroatoms. The quantitative estimate of drug-likeness (QED) is 0.783. The van der Waals surface area contributed by atoms with E-state index in [0.29, 0.717) is 12.4 Å². The lowest BCUT2D eigenvalue weighted by Gasteiger charge is -2.30. The second kappa shape index (κ2) is 4.59. The lowest BCUT2D eigenvalue weighted by Crippen LogP contribution is -2.39. The number of hydrogen-bond acceptors (Lipinski definition) is 6. The zero-order valence-corrected chi connectivity index (χ0v) is 8.85. The van der Waals surface area contributed by atoms with E-state index in [2.05, 4.69) is 22.0 Å². The van der Waals surface area contributed by atoms with Gasteiger partial charge in [0.15, 0.2) is 0 Å². The third-order valence-electron chi connectivity index (χ3n) is 2.44.